The van der Waals surface area contributed by atoms with Gasteiger partial charge in [-0.15, -0.1) is 11.8 Å². The van der Waals surface area contributed by atoms with Gasteiger partial charge in [-0.2, -0.15) is 0 Å². The van der Waals surface area contributed by atoms with Gasteiger partial charge in [0.25, 0.3) is 0 Å². The standard InChI is InChI=1S/C18H16ClFN2O2S/c1-25-13-7-5-12(6-8-13)22-10-11(9-16(22)23)18(24)21-15-4-2-3-14(19)17(15)20/h2-8,11H,9-10H2,1H3,(H,21,24). The number of amides is 2. The Bertz CT molecular complexity index is 813. The van der Waals surface area contributed by atoms with Crippen molar-refractivity contribution in [1.82, 2.24) is 0 Å². The molecule has 1 aliphatic rings. The number of benzene rings is 2. The molecule has 1 unspecified atom stereocenters. The number of nitrogens with zero attached hydrogens (tertiary/aromatic N) is 1. The van der Waals surface area contributed by atoms with E-state index in [9.17, 15) is 14.0 Å². The van der Waals surface area contributed by atoms with E-state index in [-0.39, 0.29) is 29.6 Å². The molecular weight excluding hydrogens is 363 g/mol. The summed E-state index contributed by atoms with van der Waals surface area (Å²) >= 11 is 7.33. The minimum Gasteiger partial charge on any atom is -0.323 e. The molecule has 2 aromatic rings. The maximum atomic E-state index is 13.9. The van der Waals surface area contributed by atoms with Crippen molar-refractivity contribution in [3.05, 3.63) is 53.3 Å². The van der Waals surface area contributed by atoms with Gasteiger partial charge in [-0.05, 0) is 42.7 Å². The second-order valence-corrected chi connectivity index (χ2v) is 6.98. The van der Waals surface area contributed by atoms with Crippen molar-refractivity contribution in [2.45, 2.75) is 11.3 Å². The van der Waals surface area contributed by atoms with E-state index >= 15 is 0 Å². The predicted octanol–water partition coefficient (Wildman–Crippen LogP) is 4.19. The van der Waals surface area contributed by atoms with E-state index in [0.717, 1.165) is 10.6 Å². The van der Waals surface area contributed by atoms with E-state index < -0.39 is 17.6 Å². The molecule has 1 saturated heterocycles. The number of halogens is 2. The molecule has 130 valence electrons. The van der Waals surface area contributed by atoms with Crippen LogP contribution in [0.2, 0.25) is 5.02 Å². The summed E-state index contributed by atoms with van der Waals surface area (Å²) in [6.07, 6.45) is 2.07. The van der Waals surface area contributed by atoms with E-state index in [4.69, 9.17) is 11.6 Å². The van der Waals surface area contributed by atoms with Gasteiger partial charge < -0.3 is 10.2 Å². The van der Waals surface area contributed by atoms with Gasteiger partial charge in [-0.25, -0.2) is 4.39 Å². The van der Waals surface area contributed by atoms with Gasteiger partial charge in [0.05, 0.1) is 16.6 Å². The summed E-state index contributed by atoms with van der Waals surface area (Å²) in [5.74, 6) is -1.72. The zero-order valence-corrected chi connectivity index (χ0v) is 15.0. The molecule has 1 heterocycles. The van der Waals surface area contributed by atoms with E-state index in [1.54, 1.807) is 22.7 Å². The van der Waals surface area contributed by atoms with Crippen LogP contribution < -0.4 is 10.2 Å². The van der Waals surface area contributed by atoms with Gasteiger partial charge in [0.2, 0.25) is 11.8 Å². The van der Waals surface area contributed by atoms with Crippen molar-refractivity contribution in [2.75, 3.05) is 23.0 Å². The second-order valence-electron chi connectivity index (χ2n) is 5.69. The molecular formula is C18H16ClFN2O2S. The van der Waals surface area contributed by atoms with Crippen molar-refractivity contribution in [2.24, 2.45) is 5.92 Å². The van der Waals surface area contributed by atoms with Gasteiger partial charge in [0.15, 0.2) is 5.82 Å². The van der Waals surface area contributed by atoms with Crippen molar-refractivity contribution in [3.8, 4) is 0 Å². The van der Waals surface area contributed by atoms with Crippen molar-refractivity contribution >= 4 is 46.6 Å². The molecule has 7 heteroatoms. The average molecular weight is 379 g/mol. The Labute approximate surface area is 154 Å². The van der Waals surface area contributed by atoms with Crippen LogP contribution in [0.3, 0.4) is 0 Å². The maximum Gasteiger partial charge on any atom is 0.229 e. The molecule has 2 amide bonds. The minimum atomic E-state index is -0.675. The van der Waals surface area contributed by atoms with Crippen LogP contribution in [0.5, 0.6) is 0 Å². The Hall–Kier alpha value is -2.05. The maximum absolute atomic E-state index is 13.9. The summed E-state index contributed by atoms with van der Waals surface area (Å²) in [5, 5.41) is 2.46. The number of rotatable bonds is 4. The smallest absolute Gasteiger partial charge is 0.229 e. The zero-order valence-electron chi connectivity index (χ0n) is 13.5. The molecule has 25 heavy (non-hydrogen) atoms. The van der Waals surface area contributed by atoms with Crippen LogP contribution in [-0.4, -0.2) is 24.6 Å². The quantitative estimate of drug-likeness (QED) is 0.811. The normalized spacial score (nSPS) is 17.0. The van der Waals surface area contributed by atoms with Crippen LogP contribution in [-0.2, 0) is 9.59 Å². The molecule has 0 bridgehead atoms. The Balaban J connectivity index is 1.71. The van der Waals surface area contributed by atoms with Gasteiger partial charge >= 0.3 is 0 Å². The Morgan fingerprint density at radius 2 is 2.00 bits per heavy atom. The molecule has 1 aliphatic heterocycles. The zero-order chi connectivity index (χ0) is 18.0. The number of hydrogen-bond donors (Lipinski definition) is 1. The molecule has 1 fully saturated rings. The topological polar surface area (TPSA) is 49.4 Å². The fourth-order valence-corrected chi connectivity index (χ4v) is 3.31. The van der Waals surface area contributed by atoms with Crippen LogP contribution >= 0.6 is 23.4 Å². The lowest BCUT2D eigenvalue weighted by Crippen LogP contribution is -2.28. The Kier molecular flexibility index (Phi) is 5.30. The third kappa shape index (κ3) is 3.80. The number of carbonyl (C=O) groups excluding carboxylic acids is 2. The lowest BCUT2D eigenvalue weighted by atomic mass is 10.1. The molecule has 1 atom stereocenters. The fraction of sp³-hybridized carbons (Fsp3) is 0.222. The van der Waals surface area contributed by atoms with Crippen LogP contribution in [0.25, 0.3) is 0 Å². The molecule has 0 saturated carbocycles. The minimum absolute atomic E-state index is 0.0210. The lowest BCUT2D eigenvalue weighted by molar-refractivity contribution is -0.122. The van der Waals surface area contributed by atoms with E-state index in [1.807, 2.05) is 30.5 Å². The molecule has 4 nitrogen and oxygen atoms in total. The predicted molar refractivity (Wildman–Crippen MR) is 98.7 cm³/mol. The first-order valence-electron chi connectivity index (χ1n) is 7.69. The number of hydrogen-bond acceptors (Lipinski definition) is 3. The molecule has 0 aliphatic carbocycles. The molecule has 2 aromatic carbocycles. The highest BCUT2D eigenvalue weighted by Crippen LogP contribution is 2.28. The highest BCUT2D eigenvalue weighted by molar-refractivity contribution is 7.98. The van der Waals surface area contributed by atoms with Gasteiger partial charge in [-0.3, -0.25) is 9.59 Å². The SMILES string of the molecule is CSc1ccc(N2CC(C(=O)Nc3cccc(Cl)c3F)CC2=O)cc1. The third-order valence-electron chi connectivity index (χ3n) is 4.09. The molecule has 3 rings (SSSR count). The van der Waals surface area contributed by atoms with Crippen molar-refractivity contribution in [1.29, 1.82) is 0 Å². The fourth-order valence-electron chi connectivity index (χ4n) is 2.73. The second kappa shape index (κ2) is 7.45. The first-order valence-corrected chi connectivity index (χ1v) is 9.29. The Morgan fingerprint density at radius 3 is 2.68 bits per heavy atom. The monoisotopic (exact) mass is 378 g/mol. The largest absolute Gasteiger partial charge is 0.323 e. The summed E-state index contributed by atoms with van der Waals surface area (Å²) in [7, 11) is 0. The van der Waals surface area contributed by atoms with E-state index in [2.05, 4.69) is 5.32 Å². The van der Waals surface area contributed by atoms with Crippen molar-refractivity contribution < 1.29 is 14.0 Å². The lowest BCUT2D eigenvalue weighted by Gasteiger charge is -2.17. The number of thioether (sulfide) groups is 1. The number of carbonyl (C=O) groups is 2. The van der Waals surface area contributed by atoms with Gasteiger partial charge in [-0.1, -0.05) is 17.7 Å². The van der Waals surface area contributed by atoms with Crippen LogP contribution in [0.15, 0.2) is 47.4 Å². The average Bonchev–Trinajstić information content (AvgIpc) is 3.01. The van der Waals surface area contributed by atoms with E-state index in [1.165, 1.54) is 12.1 Å². The van der Waals surface area contributed by atoms with Crippen LogP contribution in [0.4, 0.5) is 15.8 Å². The molecule has 0 aromatic heterocycles. The van der Waals surface area contributed by atoms with E-state index in [0.29, 0.717) is 0 Å². The van der Waals surface area contributed by atoms with Crippen LogP contribution in [0.1, 0.15) is 6.42 Å². The molecule has 1 N–H and O–H groups in total. The van der Waals surface area contributed by atoms with Crippen LogP contribution in [0, 0.1) is 11.7 Å². The highest BCUT2D eigenvalue weighted by atomic mass is 35.5. The number of nitrogens with one attached hydrogen (secondary N) is 1. The summed E-state index contributed by atoms with van der Waals surface area (Å²) in [6.45, 7) is 0.269. The number of anilines is 2. The molecule has 0 spiro atoms. The van der Waals surface area contributed by atoms with Gasteiger partial charge in [0.1, 0.15) is 0 Å². The van der Waals surface area contributed by atoms with Gasteiger partial charge in [0, 0.05) is 23.5 Å². The third-order valence-corrected chi connectivity index (χ3v) is 5.12. The Morgan fingerprint density at radius 1 is 1.28 bits per heavy atom. The summed E-state index contributed by atoms with van der Waals surface area (Å²) in [6, 6.07) is 12.0. The first-order chi connectivity index (χ1) is 12.0. The summed E-state index contributed by atoms with van der Waals surface area (Å²) < 4.78 is 13.9. The first kappa shape index (κ1) is 17.8. The summed E-state index contributed by atoms with van der Waals surface area (Å²) in [4.78, 5) is 27.3. The summed E-state index contributed by atoms with van der Waals surface area (Å²) in [5.41, 5.74) is 0.778. The van der Waals surface area contributed by atoms with Crippen molar-refractivity contribution in [3.63, 3.8) is 0 Å². The molecule has 0 radical (unpaired) electrons. The highest BCUT2D eigenvalue weighted by Gasteiger charge is 2.35.